The summed E-state index contributed by atoms with van der Waals surface area (Å²) in [7, 11) is 0. The Labute approximate surface area is 174 Å². The van der Waals surface area contributed by atoms with Crippen molar-refractivity contribution in [2.75, 3.05) is 18.0 Å². The number of nitrogens with zero attached hydrogens (tertiary/aromatic N) is 3. The number of ether oxygens (including phenoxy) is 1. The summed E-state index contributed by atoms with van der Waals surface area (Å²) in [6.07, 6.45) is 12.1. The standard InChI is InChI=1S/C25H29N3O/c1-5-7-15-28(16-8-6-2)23-12-9-21(10-13-23)11-14-24-18-22(17-20(3)29-24)25(19-26)27-4/h9-14,17-18H,5-8,15-16H2,1-3H3/b14-11+,25-22+. The molecular formula is C25H29N3O. The third kappa shape index (κ3) is 6.70. The molecule has 4 nitrogen and oxygen atoms in total. The van der Waals surface area contributed by atoms with Gasteiger partial charge in [0.25, 0.3) is 5.70 Å². The van der Waals surface area contributed by atoms with Gasteiger partial charge in [-0.15, -0.1) is 0 Å². The first-order chi connectivity index (χ1) is 14.1. The number of nitriles is 1. The third-order valence-electron chi connectivity index (χ3n) is 4.69. The molecular weight excluding hydrogens is 358 g/mol. The van der Waals surface area contributed by atoms with Crippen LogP contribution < -0.4 is 4.90 Å². The van der Waals surface area contributed by atoms with Crippen LogP contribution in [0, 0.1) is 17.9 Å². The number of unbranched alkanes of at least 4 members (excludes halogenated alkanes) is 2. The van der Waals surface area contributed by atoms with Crippen molar-refractivity contribution in [3.8, 4) is 6.07 Å². The molecule has 0 spiro atoms. The number of hydrogen-bond donors (Lipinski definition) is 0. The van der Waals surface area contributed by atoms with Gasteiger partial charge in [-0.3, -0.25) is 0 Å². The molecule has 0 bridgehead atoms. The van der Waals surface area contributed by atoms with Gasteiger partial charge in [-0.05, 0) is 61.3 Å². The van der Waals surface area contributed by atoms with Crippen LogP contribution in [-0.2, 0) is 4.74 Å². The van der Waals surface area contributed by atoms with E-state index in [1.165, 1.54) is 31.4 Å². The summed E-state index contributed by atoms with van der Waals surface area (Å²) in [5.74, 6) is 1.28. The first kappa shape index (κ1) is 22.1. The van der Waals surface area contributed by atoms with E-state index in [1.54, 1.807) is 12.2 Å². The van der Waals surface area contributed by atoms with Gasteiger partial charge in [0, 0.05) is 18.8 Å². The fourth-order valence-corrected chi connectivity index (χ4v) is 3.07. The second-order valence-electron chi connectivity index (χ2n) is 7.05. The number of anilines is 1. The molecule has 1 aliphatic rings. The predicted molar refractivity (Wildman–Crippen MR) is 120 cm³/mol. The zero-order valence-electron chi connectivity index (χ0n) is 17.6. The van der Waals surface area contributed by atoms with Crippen molar-refractivity contribution in [1.82, 2.24) is 0 Å². The Kier molecular flexibility index (Phi) is 8.80. The second kappa shape index (κ2) is 11.6. The molecule has 0 amide bonds. The van der Waals surface area contributed by atoms with Crippen LogP contribution in [0.3, 0.4) is 0 Å². The Bertz CT molecular complexity index is 865. The lowest BCUT2D eigenvalue weighted by Crippen LogP contribution is -2.25. The van der Waals surface area contributed by atoms with Crippen LogP contribution in [0.15, 0.2) is 65.3 Å². The molecule has 150 valence electrons. The highest BCUT2D eigenvalue weighted by atomic mass is 16.5. The fourth-order valence-electron chi connectivity index (χ4n) is 3.07. The lowest BCUT2D eigenvalue weighted by atomic mass is 10.1. The van der Waals surface area contributed by atoms with Crippen molar-refractivity contribution in [2.24, 2.45) is 0 Å². The topological polar surface area (TPSA) is 40.6 Å². The Hall–Kier alpha value is -3.24. The van der Waals surface area contributed by atoms with E-state index in [0.717, 1.165) is 18.7 Å². The Morgan fingerprint density at radius 2 is 1.76 bits per heavy atom. The summed E-state index contributed by atoms with van der Waals surface area (Å²) < 4.78 is 5.71. The average molecular weight is 388 g/mol. The van der Waals surface area contributed by atoms with E-state index in [1.807, 2.05) is 25.1 Å². The largest absolute Gasteiger partial charge is 0.462 e. The van der Waals surface area contributed by atoms with Gasteiger partial charge in [0.15, 0.2) is 0 Å². The van der Waals surface area contributed by atoms with Crippen LogP contribution in [0.25, 0.3) is 10.9 Å². The molecule has 0 unspecified atom stereocenters. The van der Waals surface area contributed by atoms with Gasteiger partial charge in [-0.2, -0.15) is 0 Å². The van der Waals surface area contributed by atoms with E-state index in [4.69, 9.17) is 16.6 Å². The van der Waals surface area contributed by atoms with Crippen molar-refractivity contribution in [3.05, 3.63) is 82.3 Å². The Balaban J connectivity index is 2.14. The predicted octanol–water partition coefficient (Wildman–Crippen LogP) is 6.62. The summed E-state index contributed by atoms with van der Waals surface area (Å²) in [5, 5.41) is 9.09. The molecule has 0 aromatic heterocycles. The summed E-state index contributed by atoms with van der Waals surface area (Å²) >= 11 is 0. The van der Waals surface area contributed by atoms with Crippen LogP contribution in [0.4, 0.5) is 5.69 Å². The molecule has 0 N–H and O–H groups in total. The molecule has 0 radical (unpaired) electrons. The van der Waals surface area contributed by atoms with Crippen LogP contribution in [-0.4, -0.2) is 13.1 Å². The fraction of sp³-hybridized carbons (Fsp3) is 0.360. The van der Waals surface area contributed by atoms with Crippen molar-refractivity contribution in [1.29, 1.82) is 5.26 Å². The SMILES string of the molecule is [C-]#[N+]/C(C#N)=C1\C=C(C)OC(/C=C/c2ccc(N(CCCC)CCCC)cc2)=C1. The van der Waals surface area contributed by atoms with E-state index in [9.17, 15) is 0 Å². The second-order valence-corrected chi connectivity index (χ2v) is 7.05. The number of rotatable bonds is 9. The highest BCUT2D eigenvalue weighted by molar-refractivity contribution is 5.59. The van der Waals surface area contributed by atoms with Gasteiger partial charge < -0.3 is 9.64 Å². The van der Waals surface area contributed by atoms with Crippen LogP contribution in [0.1, 0.15) is 52.0 Å². The highest BCUT2D eigenvalue weighted by Gasteiger charge is 2.10. The molecule has 0 saturated carbocycles. The van der Waals surface area contributed by atoms with Crippen molar-refractivity contribution in [3.63, 3.8) is 0 Å². The monoisotopic (exact) mass is 387 g/mol. The smallest absolute Gasteiger partial charge is 0.269 e. The molecule has 0 atom stereocenters. The van der Waals surface area contributed by atoms with E-state index in [-0.39, 0.29) is 5.70 Å². The summed E-state index contributed by atoms with van der Waals surface area (Å²) in [6, 6.07) is 10.5. The van der Waals surface area contributed by atoms with Crippen molar-refractivity contribution < 1.29 is 4.74 Å². The molecule has 2 rings (SSSR count). The average Bonchev–Trinajstić information content (AvgIpc) is 2.73. The van der Waals surface area contributed by atoms with E-state index in [0.29, 0.717) is 17.1 Å². The molecule has 0 saturated heterocycles. The minimum absolute atomic E-state index is 0.0714. The highest BCUT2D eigenvalue weighted by Crippen LogP contribution is 2.24. The maximum atomic E-state index is 9.09. The normalized spacial score (nSPS) is 15.1. The van der Waals surface area contributed by atoms with Crippen molar-refractivity contribution >= 4 is 11.8 Å². The number of hydrogen-bond acceptors (Lipinski definition) is 3. The molecule has 0 fully saturated rings. The number of benzene rings is 1. The first-order valence-electron chi connectivity index (χ1n) is 10.2. The van der Waals surface area contributed by atoms with Gasteiger partial charge in [-0.25, -0.2) is 10.1 Å². The lowest BCUT2D eigenvalue weighted by Gasteiger charge is -2.24. The Morgan fingerprint density at radius 1 is 1.10 bits per heavy atom. The zero-order chi connectivity index (χ0) is 21.1. The molecule has 1 heterocycles. The third-order valence-corrected chi connectivity index (χ3v) is 4.69. The number of allylic oxidation sites excluding steroid dienone is 6. The minimum atomic E-state index is 0.0714. The maximum Gasteiger partial charge on any atom is 0.269 e. The van der Waals surface area contributed by atoms with Gasteiger partial charge in [0.2, 0.25) is 0 Å². The minimum Gasteiger partial charge on any atom is -0.462 e. The summed E-state index contributed by atoms with van der Waals surface area (Å²) in [5.41, 5.74) is 3.00. The van der Waals surface area contributed by atoms with Gasteiger partial charge >= 0.3 is 0 Å². The van der Waals surface area contributed by atoms with Crippen LogP contribution in [0.2, 0.25) is 0 Å². The molecule has 0 aliphatic carbocycles. The molecule has 29 heavy (non-hydrogen) atoms. The molecule has 1 aliphatic heterocycles. The Morgan fingerprint density at radius 3 is 2.31 bits per heavy atom. The zero-order valence-corrected chi connectivity index (χ0v) is 17.6. The van der Waals surface area contributed by atoms with E-state index in [2.05, 4.69) is 47.9 Å². The van der Waals surface area contributed by atoms with Crippen LogP contribution in [0.5, 0.6) is 0 Å². The molecule has 1 aromatic rings. The first-order valence-corrected chi connectivity index (χ1v) is 10.2. The van der Waals surface area contributed by atoms with Gasteiger partial charge in [0.1, 0.15) is 11.5 Å². The molecule has 4 heteroatoms. The summed E-state index contributed by atoms with van der Waals surface area (Å²) in [6.45, 7) is 15.6. The van der Waals surface area contributed by atoms with Crippen LogP contribution >= 0.6 is 0 Å². The molecule has 1 aromatic carbocycles. The summed E-state index contributed by atoms with van der Waals surface area (Å²) in [4.78, 5) is 5.75. The lowest BCUT2D eigenvalue weighted by molar-refractivity contribution is 0.318. The quantitative estimate of drug-likeness (QED) is 0.353. The van der Waals surface area contributed by atoms with E-state index < -0.39 is 0 Å². The van der Waals surface area contributed by atoms with Crippen molar-refractivity contribution in [2.45, 2.75) is 46.5 Å². The van der Waals surface area contributed by atoms with Gasteiger partial charge in [-0.1, -0.05) is 44.9 Å². The van der Waals surface area contributed by atoms with Gasteiger partial charge in [0.05, 0.1) is 12.6 Å². The van der Waals surface area contributed by atoms with E-state index >= 15 is 0 Å². The maximum absolute atomic E-state index is 9.09.